The molecule has 2 rings (SSSR count). The molecule has 3 nitrogen and oxygen atoms in total. The molecular formula is C13H20O3. The van der Waals surface area contributed by atoms with Crippen molar-refractivity contribution in [1.82, 2.24) is 0 Å². The zero-order chi connectivity index (χ0) is 12.1. The van der Waals surface area contributed by atoms with Crippen molar-refractivity contribution in [1.29, 1.82) is 0 Å². The second-order valence-corrected chi connectivity index (χ2v) is 5.79. The number of hydrogen-bond acceptors (Lipinski definition) is 3. The Kier molecular flexibility index (Phi) is 2.41. The first-order valence-corrected chi connectivity index (χ1v) is 6.07. The quantitative estimate of drug-likeness (QED) is 0.533. The molecule has 0 saturated heterocycles. The molecule has 0 aromatic carbocycles. The molecule has 2 bridgehead atoms. The van der Waals surface area contributed by atoms with E-state index in [1.807, 2.05) is 6.92 Å². The van der Waals surface area contributed by atoms with Crippen molar-refractivity contribution in [2.45, 2.75) is 40.5 Å². The van der Waals surface area contributed by atoms with E-state index >= 15 is 0 Å². The summed E-state index contributed by atoms with van der Waals surface area (Å²) in [5.41, 5.74) is -0.392. The first kappa shape index (κ1) is 11.6. The van der Waals surface area contributed by atoms with E-state index in [1.54, 1.807) is 6.92 Å². The fourth-order valence-electron chi connectivity index (χ4n) is 3.59. The minimum Gasteiger partial charge on any atom is -0.465 e. The highest BCUT2D eigenvalue weighted by Gasteiger charge is 2.68. The van der Waals surface area contributed by atoms with Gasteiger partial charge in [0.2, 0.25) is 0 Å². The van der Waals surface area contributed by atoms with Crippen LogP contribution in [-0.2, 0) is 14.3 Å². The first-order chi connectivity index (χ1) is 7.36. The highest BCUT2D eigenvalue weighted by Crippen LogP contribution is 2.65. The lowest BCUT2D eigenvalue weighted by atomic mass is 9.70. The van der Waals surface area contributed by atoms with Crippen molar-refractivity contribution >= 4 is 11.8 Å². The molecule has 2 fully saturated rings. The van der Waals surface area contributed by atoms with Crippen LogP contribution in [0.15, 0.2) is 0 Å². The molecule has 2 aliphatic rings. The number of hydrogen-bond donors (Lipinski definition) is 0. The average Bonchev–Trinajstić information content (AvgIpc) is 2.50. The minimum atomic E-state index is -0.506. The Hall–Kier alpha value is -0.860. The van der Waals surface area contributed by atoms with Gasteiger partial charge < -0.3 is 4.74 Å². The van der Waals surface area contributed by atoms with E-state index < -0.39 is 5.92 Å². The van der Waals surface area contributed by atoms with E-state index in [-0.39, 0.29) is 28.5 Å². The molecule has 2 aliphatic carbocycles. The number of carbonyl (C=O) groups excluding carboxylic acids is 2. The van der Waals surface area contributed by atoms with Gasteiger partial charge in [-0.15, -0.1) is 0 Å². The van der Waals surface area contributed by atoms with Crippen LogP contribution in [-0.4, -0.2) is 18.4 Å². The van der Waals surface area contributed by atoms with Crippen LogP contribution in [0.2, 0.25) is 0 Å². The summed E-state index contributed by atoms with van der Waals surface area (Å²) < 4.78 is 5.03. The standard InChI is InChI=1S/C13H20O3/c1-5-16-11(15)9-8-6-7-13(4,10(9)14)12(8,2)3/h8-9H,5-7H2,1-4H3/t8-,9-,13-/m0/s1. The predicted octanol–water partition coefficient (Wildman–Crippen LogP) is 2.19. The summed E-state index contributed by atoms with van der Waals surface area (Å²) in [6.07, 6.45) is 1.89. The Bertz CT molecular complexity index is 345. The van der Waals surface area contributed by atoms with Gasteiger partial charge in [0.1, 0.15) is 5.92 Å². The van der Waals surface area contributed by atoms with Crippen molar-refractivity contribution in [3.8, 4) is 0 Å². The van der Waals surface area contributed by atoms with E-state index in [1.165, 1.54) is 0 Å². The molecule has 0 N–H and O–H groups in total. The number of ether oxygens (including phenoxy) is 1. The van der Waals surface area contributed by atoms with Crippen molar-refractivity contribution in [2.75, 3.05) is 6.61 Å². The van der Waals surface area contributed by atoms with Crippen molar-refractivity contribution in [2.24, 2.45) is 22.7 Å². The Morgan fingerprint density at radius 3 is 2.50 bits per heavy atom. The number of fused-ring (bicyclic) bond motifs is 2. The van der Waals surface area contributed by atoms with Gasteiger partial charge in [-0.2, -0.15) is 0 Å². The van der Waals surface area contributed by atoms with Crippen LogP contribution in [0.5, 0.6) is 0 Å². The molecule has 3 heteroatoms. The summed E-state index contributed by atoms with van der Waals surface area (Å²) >= 11 is 0. The summed E-state index contributed by atoms with van der Waals surface area (Å²) in [7, 11) is 0. The third-order valence-electron chi connectivity index (χ3n) is 5.07. The van der Waals surface area contributed by atoms with E-state index in [9.17, 15) is 9.59 Å². The molecule has 90 valence electrons. The highest BCUT2D eigenvalue weighted by atomic mass is 16.5. The summed E-state index contributed by atoms with van der Waals surface area (Å²) in [5, 5.41) is 0. The van der Waals surface area contributed by atoms with Crippen molar-refractivity contribution in [3.05, 3.63) is 0 Å². The van der Waals surface area contributed by atoms with Gasteiger partial charge in [0.05, 0.1) is 6.61 Å². The second-order valence-electron chi connectivity index (χ2n) is 5.79. The second kappa shape index (κ2) is 3.31. The lowest BCUT2D eigenvalue weighted by Crippen LogP contribution is -2.36. The predicted molar refractivity (Wildman–Crippen MR) is 59.7 cm³/mol. The third-order valence-corrected chi connectivity index (χ3v) is 5.07. The average molecular weight is 224 g/mol. The fourth-order valence-corrected chi connectivity index (χ4v) is 3.59. The van der Waals surface area contributed by atoms with Gasteiger partial charge in [-0.3, -0.25) is 9.59 Å². The van der Waals surface area contributed by atoms with Gasteiger partial charge in [-0.25, -0.2) is 0 Å². The normalized spacial score (nSPS) is 40.1. The maximum absolute atomic E-state index is 12.3. The van der Waals surface area contributed by atoms with Crippen LogP contribution >= 0.6 is 0 Å². The molecular weight excluding hydrogens is 204 g/mol. The van der Waals surface area contributed by atoms with Crippen molar-refractivity contribution in [3.63, 3.8) is 0 Å². The van der Waals surface area contributed by atoms with E-state index in [0.717, 1.165) is 12.8 Å². The monoisotopic (exact) mass is 224 g/mol. The van der Waals surface area contributed by atoms with Crippen LogP contribution in [0, 0.1) is 22.7 Å². The van der Waals surface area contributed by atoms with E-state index in [2.05, 4.69) is 13.8 Å². The number of carbonyl (C=O) groups is 2. The van der Waals surface area contributed by atoms with Crippen LogP contribution in [0.25, 0.3) is 0 Å². The smallest absolute Gasteiger partial charge is 0.316 e. The molecule has 0 spiro atoms. The van der Waals surface area contributed by atoms with E-state index in [4.69, 9.17) is 4.74 Å². The summed E-state index contributed by atoms with van der Waals surface area (Å²) in [4.78, 5) is 24.2. The largest absolute Gasteiger partial charge is 0.465 e. The van der Waals surface area contributed by atoms with Crippen LogP contribution in [0.4, 0.5) is 0 Å². The van der Waals surface area contributed by atoms with Crippen LogP contribution in [0.3, 0.4) is 0 Å². The van der Waals surface area contributed by atoms with Gasteiger partial charge in [0.15, 0.2) is 5.78 Å². The maximum Gasteiger partial charge on any atom is 0.316 e. The number of Topliss-reactive ketones (excluding diaryl/α,β-unsaturated/α-hetero) is 1. The van der Waals surface area contributed by atoms with E-state index in [0.29, 0.717) is 6.61 Å². The zero-order valence-corrected chi connectivity index (χ0v) is 10.5. The molecule has 0 radical (unpaired) electrons. The molecule has 0 unspecified atom stereocenters. The van der Waals surface area contributed by atoms with Gasteiger partial charge in [-0.1, -0.05) is 20.8 Å². The lowest BCUT2D eigenvalue weighted by Gasteiger charge is -2.32. The molecule has 3 atom stereocenters. The Balaban J connectivity index is 2.33. The SMILES string of the molecule is CCOC(=O)[C@@H]1C(=O)[C@]2(C)CC[C@@H]1C2(C)C. The molecule has 0 aromatic heterocycles. The number of rotatable bonds is 2. The topological polar surface area (TPSA) is 43.4 Å². The Morgan fingerprint density at radius 2 is 2.06 bits per heavy atom. The number of esters is 1. The molecule has 2 saturated carbocycles. The molecule has 0 heterocycles. The van der Waals surface area contributed by atoms with Gasteiger partial charge in [0, 0.05) is 5.41 Å². The first-order valence-electron chi connectivity index (χ1n) is 6.07. The summed E-state index contributed by atoms with van der Waals surface area (Å²) in [6.45, 7) is 8.37. The third kappa shape index (κ3) is 1.14. The summed E-state index contributed by atoms with van der Waals surface area (Å²) in [6, 6.07) is 0. The van der Waals surface area contributed by atoms with Crippen LogP contribution in [0.1, 0.15) is 40.5 Å². The van der Waals surface area contributed by atoms with Crippen LogP contribution < -0.4 is 0 Å². The van der Waals surface area contributed by atoms with Gasteiger partial charge >= 0.3 is 5.97 Å². The molecule has 0 aliphatic heterocycles. The lowest BCUT2D eigenvalue weighted by molar-refractivity contribution is -0.154. The maximum atomic E-state index is 12.3. The fraction of sp³-hybridized carbons (Fsp3) is 0.846. The van der Waals surface area contributed by atoms with Gasteiger partial charge in [-0.05, 0) is 31.1 Å². The van der Waals surface area contributed by atoms with Gasteiger partial charge in [0.25, 0.3) is 0 Å². The molecule has 0 aromatic rings. The molecule has 0 amide bonds. The summed E-state index contributed by atoms with van der Waals surface area (Å²) in [5.74, 6) is -0.543. The molecule has 16 heavy (non-hydrogen) atoms. The number of ketones is 1. The Labute approximate surface area is 96.5 Å². The Morgan fingerprint density at radius 1 is 1.44 bits per heavy atom. The van der Waals surface area contributed by atoms with Crippen molar-refractivity contribution < 1.29 is 14.3 Å². The minimum absolute atomic E-state index is 0.0679. The highest BCUT2D eigenvalue weighted by molar-refractivity contribution is 6.05. The zero-order valence-electron chi connectivity index (χ0n) is 10.5.